The smallest absolute Gasteiger partial charge is 0.344 e. The summed E-state index contributed by atoms with van der Waals surface area (Å²) in [4.78, 5) is 3.39. The molecule has 0 aliphatic heterocycles. The van der Waals surface area contributed by atoms with E-state index in [4.69, 9.17) is 0 Å². The maximum absolute atomic E-state index is 13.8. The summed E-state index contributed by atoms with van der Waals surface area (Å²) >= 11 is 0. The number of para-hydroxylation sites is 1. The zero-order chi connectivity index (χ0) is 34.1. The van der Waals surface area contributed by atoms with Gasteiger partial charge in [0.05, 0.1) is 16.8 Å². The minimum atomic E-state index is -4.97. The second-order valence-electron chi connectivity index (χ2n) is 11.5. The second-order valence-corrected chi connectivity index (χ2v) is 11.5. The predicted molar refractivity (Wildman–Crippen MR) is 181 cm³/mol. The molecule has 0 atom stereocenters. The molecule has 0 saturated heterocycles. The van der Waals surface area contributed by atoms with Gasteiger partial charge in [0.15, 0.2) is 0 Å². The lowest BCUT2D eigenvalue weighted by Gasteiger charge is -2.26. The van der Waals surface area contributed by atoms with Crippen LogP contribution in [0.5, 0.6) is 0 Å². The van der Waals surface area contributed by atoms with Gasteiger partial charge >= 0.3 is 12.4 Å². The SMILES string of the molecule is Cc1ccc(-c2ccc(N(c3ccccc3)c3ccc(-c4ccc(N(C)c5ccc(C(F)(F)F)cc5C(F)(F)F)cc4)cc3)cc2)cc1. The molecular formula is C40H30F6N2. The standard InChI is InChI=1S/C40H30F6N2/c1-27-8-10-28(11-9-27)30-14-21-35(22-15-30)48(34-6-4-3-5-7-34)36-23-16-31(17-24-36)29-12-19-33(20-13-29)47(2)38-25-18-32(39(41,42)43)26-37(38)40(44,45)46/h3-26H,1-2H3. The van der Waals surface area contributed by atoms with Gasteiger partial charge in [-0.05, 0) is 95.9 Å². The number of hydrogen-bond donors (Lipinski definition) is 0. The van der Waals surface area contributed by atoms with E-state index in [1.165, 1.54) is 17.5 Å². The van der Waals surface area contributed by atoms with E-state index in [-0.39, 0.29) is 11.8 Å². The van der Waals surface area contributed by atoms with Gasteiger partial charge in [0, 0.05) is 29.8 Å². The van der Waals surface area contributed by atoms with Gasteiger partial charge in [-0.2, -0.15) is 26.3 Å². The van der Waals surface area contributed by atoms with Crippen LogP contribution >= 0.6 is 0 Å². The van der Waals surface area contributed by atoms with E-state index in [2.05, 4.69) is 60.4 Å². The molecule has 0 fully saturated rings. The minimum absolute atomic E-state index is 0.152. The molecule has 0 bridgehead atoms. The van der Waals surface area contributed by atoms with Gasteiger partial charge in [-0.25, -0.2) is 0 Å². The fourth-order valence-electron chi connectivity index (χ4n) is 5.62. The van der Waals surface area contributed by atoms with Crippen molar-refractivity contribution < 1.29 is 26.3 Å². The molecule has 6 aromatic carbocycles. The number of alkyl halides is 6. The summed E-state index contributed by atoms with van der Waals surface area (Å²) in [5, 5.41) is 0. The number of benzene rings is 6. The Labute approximate surface area is 275 Å². The van der Waals surface area contributed by atoms with E-state index in [0.717, 1.165) is 45.4 Å². The second kappa shape index (κ2) is 13.0. The van der Waals surface area contributed by atoms with Crippen LogP contribution in [0.1, 0.15) is 16.7 Å². The molecule has 2 nitrogen and oxygen atoms in total. The summed E-state index contributed by atoms with van der Waals surface area (Å²) in [6, 6.07) is 43.3. The van der Waals surface area contributed by atoms with Crippen LogP contribution in [0.25, 0.3) is 22.3 Å². The van der Waals surface area contributed by atoms with Gasteiger partial charge in [-0.3, -0.25) is 0 Å². The van der Waals surface area contributed by atoms with Crippen molar-refractivity contribution in [2.24, 2.45) is 0 Å². The Hall–Kier alpha value is -5.50. The first-order valence-corrected chi connectivity index (χ1v) is 15.1. The Bertz CT molecular complexity index is 1980. The molecule has 0 radical (unpaired) electrons. The molecule has 48 heavy (non-hydrogen) atoms. The van der Waals surface area contributed by atoms with Crippen LogP contribution in [-0.4, -0.2) is 7.05 Å². The molecule has 0 saturated carbocycles. The van der Waals surface area contributed by atoms with Crippen LogP contribution in [-0.2, 0) is 12.4 Å². The number of halogens is 6. The van der Waals surface area contributed by atoms with Gasteiger partial charge in [0.1, 0.15) is 0 Å². The predicted octanol–water partition coefficient (Wildman–Crippen LogP) is 12.6. The van der Waals surface area contributed by atoms with Crippen molar-refractivity contribution in [2.45, 2.75) is 19.3 Å². The molecule has 0 spiro atoms. The lowest BCUT2D eigenvalue weighted by molar-refractivity contribution is -0.142. The molecule has 0 heterocycles. The van der Waals surface area contributed by atoms with Crippen molar-refractivity contribution in [1.82, 2.24) is 0 Å². The molecule has 0 aliphatic rings. The van der Waals surface area contributed by atoms with Crippen LogP contribution in [0.15, 0.2) is 146 Å². The number of nitrogens with zero attached hydrogens (tertiary/aromatic N) is 2. The van der Waals surface area contributed by atoms with E-state index < -0.39 is 23.5 Å². The lowest BCUT2D eigenvalue weighted by atomic mass is 10.0. The van der Waals surface area contributed by atoms with E-state index >= 15 is 0 Å². The highest BCUT2D eigenvalue weighted by molar-refractivity contribution is 5.80. The van der Waals surface area contributed by atoms with Gasteiger partial charge < -0.3 is 9.80 Å². The van der Waals surface area contributed by atoms with Crippen LogP contribution in [0.3, 0.4) is 0 Å². The largest absolute Gasteiger partial charge is 0.418 e. The third-order valence-corrected chi connectivity index (χ3v) is 8.23. The number of aryl methyl sites for hydroxylation is 1. The highest BCUT2D eigenvalue weighted by Crippen LogP contribution is 2.42. The van der Waals surface area contributed by atoms with Crippen LogP contribution in [0.4, 0.5) is 54.8 Å². The molecule has 8 heteroatoms. The monoisotopic (exact) mass is 652 g/mol. The first kappa shape index (κ1) is 32.4. The summed E-state index contributed by atoms with van der Waals surface area (Å²) in [6.45, 7) is 2.06. The van der Waals surface area contributed by atoms with Crippen LogP contribution in [0, 0.1) is 6.92 Å². The Balaban J connectivity index is 1.26. The fourth-order valence-corrected chi connectivity index (χ4v) is 5.62. The highest BCUT2D eigenvalue weighted by Gasteiger charge is 2.39. The molecule has 0 amide bonds. The first-order chi connectivity index (χ1) is 22.9. The number of rotatable bonds is 7. The average Bonchev–Trinajstić information content (AvgIpc) is 3.09. The molecule has 6 aromatic rings. The zero-order valence-corrected chi connectivity index (χ0v) is 26.0. The quantitative estimate of drug-likeness (QED) is 0.158. The van der Waals surface area contributed by atoms with E-state index in [1.54, 1.807) is 24.3 Å². The third kappa shape index (κ3) is 6.93. The fraction of sp³-hybridized carbons (Fsp3) is 0.100. The van der Waals surface area contributed by atoms with Gasteiger partial charge in [0.2, 0.25) is 0 Å². The molecule has 0 aromatic heterocycles. The summed E-state index contributed by atoms with van der Waals surface area (Å²) < 4.78 is 80.8. The average molecular weight is 653 g/mol. The number of hydrogen-bond acceptors (Lipinski definition) is 2. The summed E-state index contributed by atoms with van der Waals surface area (Å²) in [7, 11) is 1.40. The van der Waals surface area contributed by atoms with Crippen LogP contribution < -0.4 is 9.80 Å². The third-order valence-electron chi connectivity index (χ3n) is 8.23. The number of anilines is 5. The van der Waals surface area contributed by atoms with Gasteiger partial charge in [-0.15, -0.1) is 0 Å². The zero-order valence-electron chi connectivity index (χ0n) is 26.0. The van der Waals surface area contributed by atoms with E-state index in [0.29, 0.717) is 11.8 Å². The Morgan fingerprint density at radius 1 is 0.438 bits per heavy atom. The van der Waals surface area contributed by atoms with Gasteiger partial charge in [-0.1, -0.05) is 84.4 Å². The van der Waals surface area contributed by atoms with E-state index in [9.17, 15) is 26.3 Å². The van der Waals surface area contributed by atoms with Crippen molar-refractivity contribution >= 4 is 28.4 Å². The molecule has 0 unspecified atom stereocenters. The first-order valence-electron chi connectivity index (χ1n) is 15.1. The molecule has 242 valence electrons. The molecule has 0 aliphatic carbocycles. The van der Waals surface area contributed by atoms with E-state index in [1.807, 2.05) is 54.6 Å². The van der Waals surface area contributed by atoms with Crippen molar-refractivity contribution in [2.75, 3.05) is 16.8 Å². The Morgan fingerprint density at radius 2 is 0.854 bits per heavy atom. The molecular weight excluding hydrogens is 622 g/mol. The minimum Gasteiger partial charge on any atom is -0.344 e. The van der Waals surface area contributed by atoms with Crippen molar-refractivity contribution in [1.29, 1.82) is 0 Å². The summed E-state index contributed by atoms with van der Waals surface area (Å²) in [5.41, 5.74) is 5.40. The topological polar surface area (TPSA) is 6.48 Å². The maximum Gasteiger partial charge on any atom is 0.418 e. The molecule has 0 N–H and O–H groups in total. The van der Waals surface area contributed by atoms with Crippen molar-refractivity contribution in [3.05, 3.63) is 162 Å². The Morgan fingerprint density at radius 3 is 1.29 bits per heavy atom. The maximum atomic E-state index is 13.8. The summed E-state index contributed by atoms with van der Waals surface area (Å²) in [5.74, 6) is 0. The van der Waals surface area contributed by atoms with Crippen LogP contribution in [0.2, 0.25) is 0 Å². The van der Waals surface area contributed by atoms with Crippen molar-refractivity contribution in [3.8, 4) is 22.3 Å². The van der Waals surface area contributed by atoms with Crippen molar-refractivity contribution in [3.63, 3.8) is 0 Å². The summed E-state index contributed by atoms with van der Waals surface area (Å²) in [6.07, 6.45) is -9.86. The Kier molecular flexibility index (Phi) is 8.75. The lowest BCUT2D eigenvalue weighted by Crippen LogP contribution is -2.18. The molecule has 6 rings (SSSR count). The highest BCUT2D eigenvalue weighted by atomic mass is 19.4. The van der Waals surface area contributed by atoms with Gasteiger partial charge in [0.25, 0.3) is 0 Å². The normalized spacial score (nSPS) is 11.8.